The maximum absolute atomic E-state index is 12.0. The Hall–Kier alpha value is -2.01. The first kappa shape index (κ1) is 13.9. The highest BCUT2D eigenvalue weighted by Crippen LogP contribution is 2.30. The van der Waals surface area contributed by atoms with Crippen molar-refractivity contribution >= 4 is 22.9 Å². The summed E-state index contributed by atoms with van der Waals surface area (Å²) in [5.74, 6) is 0.754. The van der Waals surface area contributed by atoms with Crippen LogP contribution in [0, 0.1) is 0 Å². The summed E-state index contributed by atoms with van der Waals surface area (Å²) >= 11 is 1.62. The van der Waals surface area contributed by atoms with Crippen LogP contribution < -0.4 is 15.8 Å². The monoisotopic (exact) mass is 302 g/mol. The minimum absolute atomic E-state index is 0.00435. The van der Waals surface area contributed by atoms with E-state index >= 15 is 0 Å². The van der Waals surface area contributed by atoms with Gasteiger partial charge in [0.25, 0.3) is 5.91 Å². The quantitative estimate of drug-likeness (QED) is 0.659. The molecule has 0 atom stereocenters. The lowest BCUT2D eigenvalue weighted by Gasteiger charge is -2.07. The molecule has 1 aliphatic rings. The smallest absolute Gasteiger partial charge is 0.261 e. The van der Waals surface area contributed by atoms with E-state index in [1.165, 1.54) is 16.9 Å². The molecule has 2 aromatic rings. The van der Waals surface area contributed by atoms with Crippen LogP contribution in [0.15, 0.2) is 30.3 Å². The molecular formula is C16H18N2O2S. The van der Waals surface area contributed by atoms with E-state index in [0.29, 0.717) is 18.8 Å². The summed E-state index contributed by atoms with van der Waals surface area (Å²) in [6, 6.07) is 9.26. The fourth-order valence-electron chi connectivity index (χ4n) is 2.43. The van der Waals surface area contributed by atoms with Crippen LogP contribution in [0.25, 0.3) is 0 Å². The Kier molecular flexibility index (Phi) is 4.10. The summed E-state index contributed by atoms with van der Waals surface area (Å²) in [6.45, 7) is 0.937. The maximum Gasteiger partial charge on any atom is 0.261 e. The summed E-state index contributed by atoms with van der Waals surface area (Å²) in [4.78, 5) is 14.2. The van der Waals surface area contributed by atoms with E-state index in [4.69, 9.17) is 10.5 Å². The lowest BCUT2D eigenvalue weighted by Crippen LogP contribution is -2.27. The van der Waals surface area contributed by atoms with E-state index in [2.05, 4.69) is 5.32 Å². The van der Waals surface area contributed by atoms with Crippen LogP contribution in [-0.4, -0.2) is 19.1 Å². The molecule has 3 N–H and O–H groups in total. The molecule has 1 aromatic carbocycles. The minimum Gasteiger partial charge on any atom is -0.492 e. The average Bonchev–Trinajstić information content (AvgIpc) is 3.06. The third kappa shape index (κ3) is 3.36. The number of aryl methyl sites for hydroxylation is 2. The first-order chi connectivity index (χ1) is 10.2. The molecule has 0 saturated heterocycles. The van der Waals surface area contributed by atoms with Gasteiger partial charge in [-0.3, -0.25) is 4.79 Å². The van der Waals surface area contributed by atoms with Crippen LogP contribution in [0.2, 0.25) is 0 Å². The number of amides is 1. The fraction of sp³-hybridized carbons (Fsp3) is 0.312. The van der Waals surface area contributed by atoms with Gasteiger partial charge in [0.2, 0.25) is 0 Å². The number of thiophene rings is 1. The lowest BCUT2D eigenvalue weighted by molar-refractivity contribution is 0.0951. The van der Waals surface area contributed by atoms with Crippen LogP contribution in [0.3, 0.4) is 0 Å². The second-order valence-corrected chi connectivity index (χ2v) is 6.22. The zero-order valence-corrected chi connectivity index (χ0v) is 12.5. The molecule has 1 aromatic heterocycles. The molecule has 21 heavy (non-hydrogen) atoms. The Labute approximate surface area is 127 Å². The van der Waals surface area contributed by atoms with E-state index < -0.39 is 0 Å². The molecule has 0 aliphatic heterocycles. The van der Waals surface area contributed by atoms with Crippen molar-refractivity contribution in [2.75, 3.05) is 18.9 Å². The Bertz CT molecular complexity index is 613. The molecule has 110 valence electrons. The average molecular weight is 302 g/mol. The van der Waals surface area contributed by atoms with Gasteiger partial charge < -0.3 is 15.8 Å². The highest BCUT2D eigenvalue weighted by Gasteiger charge is 2.18. The SMILES string of the molecule is Nc1ccc(OCCNC(=O)c2cc3c(s2)CCC3)cc1. The molecule has 0 bridgehead atoms. The van der Waals surface area contributed by atoms with Crippen molar-refractivity contribution < 1.29 is 9.53 Å². The van der Waals surface area contributed by atoms with Crippen LogP contribution in [-0.2, 0) is 12.8 Å². The summed E-state index contributed by atoms with van der Waals surface area (Å²) < 4.78 is 5.54. The standard InChI is InChI=1S/C16H18N2O2S/c17-12-4-6-13(7-5-12)20-9-8-18-16(19)15-10-11-2-1-3-14(11)21-15/h4-7,10H,1-3,8-9,17H2,(H,18,19). The second-order valence-electron chi connectivity index (χ2n) is 5.09. The van der Waals surface area contributed by atoms with Crippen molar-refractivity contribution in [3.63, 3.8) is 0 Å². The molecule has 1 aliphatic carbocycles. The molecule has 0 spiro atoms. The van der Waals surface area contributed by atoms with Crippen molar-refractivity contribution in [2.24, 2.45) is 0 Å². The van der Waals surface area contributed by atoms with Crippen molar-refractivity contribution in [3.05, 3.63) is 45.6 Å². The second kappa shape index (κ2) is 6.18. The number of hydrogen-bond acceptors (Lipinski definition) is 4. The van der Waals surface area contributed by atoms with Crippen molar-refractivity contribution in [3.8, 4) is 5.75 Å². The minimum atomic E-state index is -0.00435. The summed E-state index contributed by atoms with van der Waals surface area (Å²) in [5.41, 5.74) is 7.66. The number of benzene rings is 1. The van der Waals surface area contributed by atoms with Crippen molar-refractivity contribution in [1.29, 1.82) is 0 Å². The number of rotatable bonds is 5. The van der Waals surface area contributed by atoms with E-state index in [1.807, 2.05) is 18.2 Å². The van der Waals surface area contributed by atoms with Gasteiger partial charge >= 0.3 is 0 Å². The van der Waals surface area contributed by atoms with E-state index in [0.717, 1.165) is 23.5 Å². The van der Waals surface area contributed by atoms with Crippen molar-refractivity contribution in [1.82, 2.24) is 5.32 Å². The number of anilines is 1. The third-order valence-corrected chi connectivity index (χ3v) is 4.74. The van der Waals surface area contributed by atoms with Gasteiger partial charge in [-0.2, -0.15) is 0 Å². The van der Waals surface area contributed by atoms with Gasteiger partial charge in [-0.1, -0.05) is 0 Å². The zero-order chi connectivity index (χ0) is 14.7. The predicted molar refractivity (Wildman–Crippen MR) is 85.0 cm³/mol. The van der Waals surface area contributed by atoms with E-state index in [-0.39, 0.29) is 5.91 Å². The Morgan fingerprint density at radius 3 is 2.86 bits per heavy atom. The first-order valence-corrected chi connectivity index (χ1v) is 7.92. The number of hydrogen-bond donors (Lipinski definition) is 2. The van der Waals surface area contributed by atoms with Gasteiger partial charge in [0.05, 0.1) is 11.4 Å². The van der Waals surface area contributed by atoms with Gasteiger partial charge in [0, 0.05) is 10.6 Å². The number of carbonyl (C=O) groups is 1. The molecule has 0 saturated carbocycles. The van der Waals surface area contributed by atoms with Crippen LogP contribution >= 0.6 is 11.3 Å². The highest BCUT2D eigenvalue weighted by atomic mass is 32.1. The zero-order valence-electron chi connectivity index (χ0n) is 11.7. The van der Waals surface area contributed by atoms with Gasteiger partial charge in [-0.15, -0.1) is 11.3 Å². The van der Waals surface area contributed by atoms with E-state index in [1.54, 1.807) is 23.5 Å². The largest absolute Gasteiger partial charge is 0.492 e. The lowest BCUT2D eigenvalue weighted by atomic mass is 10.2. The number of ether oxygens (including phenoxy) is 1. The summed E-state index contributed by atoms with van der Waals surface area (Å²) in [5, 5.41) is 2.89. The Morgan fingerprint density at radius 2 is 2.10 bits per heavy atom. The summed E-state index contributed by atoms with van der Waals surface area (Å²) in [7, 11) is 0. The number of nitrogens with two attached hydrogens (primary N) is 1. The van der Waals surface area contributed by atoms with Crippen LogP contribution in [0.4, 0.5) is 5.69 Å². The Balaban J connectivity index is 1.44. The predicted octanol–water partition coefficient (Wildman–Crippen LogP) is 2.63. The molecule has 3 rings (SSSR count). The molecule has 1 heterocycles. The molecule has 0 unspecified atom stereocenters. The molecule has 5 heteroatoms. The molecule has 0 radical (unpaired) electrons. The van der Waals surface area contributed by atoms with Gasteiger partial charge in [-0.25, -0.2) is 0 Å². The third-order valence-electron chi connectivity index (χ3n) is 3.51. The highest BCUT2D eigenvalue weighted by molar-refractivity contribution is 7.14. The van der Waals surface area contributed by atoms with Crippen LogP contribution in [0.5, 0.6) is 5.75 Å². The number of nitrogens with one attached hydrogen (secondary N) is 1. The number of carbonyl (C=O) groups excluding carboxylic acids is 1. The maximum atomic E-state index is 12.0. The van der Waals surface area contributed by atoms with Crippen LogP contribution in [0.1, 0.15) is 26.5 Å². The molecule has 4 nitrogen and oxygen atoms in total. The van der Waals surface area contributed by atoms with Gasteiger partial charge in [-0.05, 0) is 55.2 Å². The molecular weight excluding hydrogens is 284 g/mol. The molecule has 0 fully saturated rings. The fourth-order valence-corrected chi connectivity index (χ4v) is 3.60. The van der Waals surface area contributed by atoms with Gasteiger partial charge in [0.15, 0.2) is 0 Å². The topological polar surface area (TPSA) is 64.3 Å². The molecule has 1 amide bonds. The number of nitrogen functional groups attached to an aromatic ring is 1. The van der Waals surface area contributed by atoms with Gasteiger partial charge in [0.1, 0.15) is 12.4 Å². The Morgan fingerprint density at radius 1 is 1.29 bits per heavy atom. The normalized spacial score (nSPS) is 13.0. The first-order valence-electron chi connectivity index (χ1n) is 7.10. The van der Waals surface area contributed by atoms with Crippen molar-refractivity contribution in [2.45, 2.75) is 19.3 Å². The number of fused-ring (bicyclic) bond motifs is 1. The summed E-state index contributed by atoms with van der Waals surface area (Å²) in [6.07, 6.45) is 3.45. The van der Waals surface area contributed by atoms with E-state index in [9.17, 15) is 4.79 Å².